The van der Waals surface area contributed by atoms with Crippen LogP contribution in [0.4, 0.5) is 17.1 Å². The Morgan fingerprint density at radius 1 is 0.980 bits per heavy atom. The third-order valence-electron chi connectivity index (χ3n) is 9.43. The average molecular weight is 680 g/mol. The zero-order valence-electron chi connectivity index (χ0n) is 29.0. The van der Waals surface area contributed by atoms with Gasteiger partial charge in [-0.1, -0.05) is 43.7 Å². The van der Waals surface area contributed by atoms with Gasteiger partial charge in [-0.15, -0.1) is 0 Å². The van der Waals surface area contributed by atoms with Crippen LogP contribution in [0.2, 0.25) is 0 Å². The fourth-order valence-electron chi connectivity index (χ4n) is 6.67. The molecule has 1 N–H and O–H groups in total. The quantitative estimate of drug-likeness (QED) is 0.134. The first kappa shape index (κ1) is 34.9. The number of unbranched alkanes of at least 4 members (excludes halogenated alkanes) is 1. The number of hydrogen-bond acceptors (Lipinski definition) is 7. The standard InChI is InChI=1S/C41H49N3O4S/c1-4-5-19-46-22-23-48-39-13-8-32(9-14-39)33-10-15-40-34(26-33)27-35(25-30(2)44(40)38-18-24-49-29-38)41(45)42-36-11-6-31(7-12-36)28-43(3)37-16-20-47-21-17-37/h6-15,18,24,26-27,29-30,37H,4-5,16-17,19-23,25,28H2,1-3H3,(H,42,45). The van der Waals surface area contributed by atoms with Gasteiger partial charge in [-0.05, 0) is 116 Å². The van der Waals surface area contributed by atoms with Crippen LogP contribution in [0.15, 0.2) is 89.1 Å². The minimum Gasteiger partial charge on any atom is -0.491 e. The maximum absolute atomic E-state index is 13.9. The van der Waals surface area contributed by atoms with Crippen LogP contribution in [0.25, 0.3) is 17.2 Å². The van der Waals surface area contributed by atoms with Crippen molar-refractivity contribution in [3.63, 3.8) is 0 Å². The van der Waals surface area contributed by atoms with Crippen LogP contribution in [-0.2, 0) is 20.8 Å². The van der Waals surface area contributed by atoms with Crippen molar-refractivity contribution in [2.75, 3.05) is 50.3 Å². The molecule has 2 aliphatic heterocycles. The molecule has 7 nitrogen and oxygen atoms in total. The highest BCUT2D eigenvalue weighted by atomic mass is 32.1. The highest BCUT2D eigenvalue weighted by Gasteiger charge is 2.27. The SMILES string of the molecule is CCCCOCCOc1ccc(-c2ccc3c(c2)C=C(C(=O)Nc2ccc(CN(C)C4CCOCC4)cc2)CC(C)N3c2ccsc2)cc1. The van der Waals surface area contributed by atoms with E-state index in [0.29, 0.717) is 25.7 Å². The van der Waals surface area contributed by atoms with Crippen molar-refractivity contribution in [1.29, 1.82) is 0 Å². The topological polar surface area (TPSA) is 63.3 Å². The van der Waals surface area contributed by atoms with E-state index in [0.717, 1.165) is 97.1 Å². The van der Waals surface area contributed by atoms with Gasteiger partial charge in [0.05, 0.1) is 12.3 Å². The molecule has 0 radical (unpaired) electrons. The molecule has 49 heavy (non-hydrogen) atoms. The molecule has 0 aliphatic carbocycles. The lowest BCUT2D eigenvalue weighted by atomic mass is 10.00. The molecule has 1 fully saturated rings. The summed E-state index contributed by atoms with van der Waals surface area (Å²) in [5, 5.41) is 7.47. The molecule has 0 spiro atoms. The summed E-state index contributed by atoms with van der Waals surface area (Å²) in [6.45, 7) is 8.81. The van der Waals surface area contributed by atoms with E-state index in [2.05, 4.69) is 101 Å². The Morgan fingerprint density at radius 3 is 2.49 bits per heavy atom. The van der Waals surface area contributed by atoms with Gasteiger partial charge >= 0.3 is 0 Å². The van der Waals surface area contributed by atoms with Gasteiger partial charge in [0.2, 0.25) is 0 Å². The molecule has 1 saturated heterocycles. The normalized spacial score (nSPS) is 16.6. The highest BCUT2D eigenvalue weighted by Crippen LogP contribution is 2.40. The predicted octanol–water partition coefficient (Wildman–Crippen LogP) is 9.17. The zero-order valence-corrected chi connectivity index (χ0v) is 29.8. The molecule has 4 aromatic rings. The molecule has 258 valence electrons. The number of thiophene rings is 1. The first-order chi connectivity index (χ1) is 24.0. The number of rotatable bonds is 14. The molecular formula is C41H49N3O4S. The molecule has 1 unspecified atom stereocenters. The number of anilines is 3. The van der Waals surface area contributed by atoms with Crippen molar-refractivity contribution in [2.45, 2.75) is 64.6 Å². The third-order valence-corrected chi connectivity index (χ3v) is 10.1. The molecular weight excluding hydrogens is 631 g/mol. The van der Waals surface area contributed by atoms with Gasteiger partial charge in [0.1, 0.15) is 12.4 Å². The Labute approximate surface area is 295 Å². The van der Waals surface area contributed by atoms with Gasteiger partial charge in [0, 0.05) is 60.8 Å². The summed E-state index contributed by atoms with van der Waals surface area (Å²) in [6.07, 6.45) is 7.04. The average Bonchev–Trinajstić information content (AvgIpc) is 3.61. The van der Waals surface area contributed by atoms with E-state index in [1.807, 2.05) is 24.3 Å². The molecule has 1 aromatic heterocycles. The minimum atomic E-state index is -0.0670. The van der Waals surface area contributed by atoms with Crippen molar-refractivity contribution in [3.05, 3.63) is 100 Å². The molecule has 6 rings (SSSR count). The van der Waals surface area contributed by atoms with Crippen LogP contribution < -0.4 is 15.0 Å². The third kappa shape index (κ3) is 9.19. The van der Waals surface area contributed by atoms with E-state index < -0.39 is 0 Å². The van der Waals surface area contributed by atoms with Crippen molar-refractivity contribution >= 4 is 40.4 Å². The van der Waals surface area contributed by atoms with E-state index in [9.17, 15) is 4.79 Å². The summed E-state index contributed by atoms with van der Waals surface area (Å²) < 4.78 is 17.1. The zero-order chi connectivity index (χ0) is 34.0. The van der Waals surface area contributed by atoms with Crippen LogP contribution in [-0.4, -0.2) is 63.0 Å². The van der Waals surface area contributed by atoms with Gasteiger partial charge in [-0.25, -0.2) is 0 Å². The summed E-state index contributed by atoms with van der Waals surface area (Å²) in [7, 11) is 2.19. The van der Waals surface area contributed by atoms with Crippen LogP contribution >= 0.6 is 11.3 Å². The molecule has 0 saturated carbocycles. The molecule has 8 heteroatoms. The largest absolute Gasteiger partial charge is 0.491 e. The number of hydrogen-bond donors (Lipinski definition) is 1. The van der Waals surface area contributed by atoms with Crippen molar-refractivity contribution in [2.24, 2.45) is 0 Å². The maximum atomic E-state index is 13.9. The second kappa shape index (κ2) is 17.1. The van der Waals surface area contributed by atoms with E-state index in [1.165, 1.54) is 5.56 Å². The number of carbonyl (C=O) groups is 1. The second-order valence-electron chi connectivity index (χ2n) is 13.1. The first-order valence-corrected chi connectivity index (χ1v) is 18.6. The summed E-state index contributed by atoms with van der Waals surface area (Å²) >= 11 is 1.68. The highest BCUT2D eigenvalue weighted by molar-refractivity contribution is 7.08. The van der Waals surface area contributed by atoms with Crippen LogP contribution in [0.3, 0.4) is 0 Å². The van der Waals surface area contributed by atoms with Gasteiger partial charge in [-0.3, -0.25) is 9.69 Å². The van der Waals surface area contributed by atoms with Gasteiger partial charge in [0.25, 0.3) is 5.91 Å². The van der Waals surface area contributed by atoms with Crippen LogP contribution in [0, 0.1) is 0 Å². The number of ether oxygens (including phenoxy) is 3. The minimum absolute atomic E-state index is 0.0670. The van der Waals surface area contributed by atoms with Gasteiger partial charge < -0.3 is 24.4 Å². The molecule has 2 aliphatic rings. The Morgan fingerprint density at radius 2 is 1.76 bits per heavy atom. The lowest BCUT2D eigenvalue weighted by Crippen LogP contribution is -2.36. The number of amides is 1. The Kier molecular flexibility index (Phi) is 12.2. The monoisotopic (exact) mass is 679 g/mol. The number of carbonyl (C=O) groups excluding carboxylic acids is 1. The predicted molar refractivity (Wildman–Crippen MR) is 202 cm³/mol. The Bertz CT molecular complexity index is 1660. The molecule has 3 heterocycles. The van der Waals surface area contributed by atoms with Gasteiger partial charge in [0.15, 0.2) is 0 Å². The van der Waals surface area contributed by atoms with Crippen molar-refractivity contribution in [1.82, 2.24) is 4.90 Å². The lowest BCUT2D eigenvalue weighted by molar-refractivity contribution is -0.112. The Balaban J connectivity index is 1.18. The molecule has 1 amide bonds. The first-order valence-electron chi connectivity index (χ1n) is 17.6. The number of fused-ring (bicyclic) bond motifs is 1. The van der Waals surface area contributed by atoms with Crippen LogP contribution in [0.1, 0.15) is 57.1 Å². The van der Waals surface area contributed by atoms with Crippen LogP contribution in [0.5, 0.6) is 5.75 Å². The summed E-state index contributed by atoms with van der Waals surface area (Å²) in [5.74, 6) is 0.760. The fraction of sp³-hybridized carbons (Fsp3) is 0.390. The fourth-order valence-corrected chi connectivity index (χ4v) is 7.30. The van der Waals surface area contributed by atoms with Crippen molar-refractivity contribution < 1.29 is 19.0 Å². The number of nitrogens with one attached hydrogen (secondary N) is 1. The lowest BCUT2D eigenvalue weighted by Gasteiger charge is -2.31. The molecule has 3 aromatic carbocycles. The van der Waals surface area contributed by atoms with E-state index in [1.54, 1.807) is 11.3 Å². The molecule has 0 bridgehead atoms. The summed E-state index contributed by atoms with van der Waals surface area (Å²) in [6, 6.07) is 25.8. The summed E-state index contributed by atoms with van der Waals surface area (Å²) in [5.41, 5.74) is 8.24. The van der Waals surface area contributed by atoms with E-state index in [4.69, 9.17) is 14.2 Å². The van der Waals surface area contributed by atoms with E-state index >= 15 is 0 Å². The van der Waals surface area contributed by atoms with Gasteiger partial charge in [-0.2, -0.15) is 11.3 Å². The van der Waals surface area contributed by atoms with E-state index in [-0.39, 0.29) is 11.9 Å². The number of benzene rings is 3. The smallest absolute Gasteiger partial charge is 0.251 e. The van der Waals surface area contributed by atoms with Crippen molar-refractivity contribution in [3.8, 4) is 16.9 Å². The molecule has 1 atom stereocenters. The summed E-state index contributed by atoms with van der Waals surface area (Å²) in [4.78, 5) is 18.6. The number of nitrogens with zero attached hydrogens (tertiary/aromatic N) is 2. The second-order valence-corrected chi connectivity index (χ2v) is 13.9. The maximum Gasteiger partial charge on any atom is 0.251 e. The Hall–Kier alpha value is -3.95.